The van der Waals surface area contributed by atoms with Gasteiger partial charge in [-0.3, -0.25) is 15.0 Å². The summed E-state index contributed by atoms with van der Waals surface area (Å²) in [5.74, 6) is 0. The van der Waals surface area contributed by atoms with Crippen LogP contribution in [-0.2, 0) is 6.54 Å². The Bertz CT molecular complexity index is 434. The second kappa shape index (κ2) is 8.47. The molecule has 0 aliphatic rings. The molecule has 0 unspecified atom stereocenters. The number of anilines is 1. The van der Waals surface area contributed by atoms with E-state index in [9.17, 15) is 10.1 Å². The SMILES string of the molecule is CCNc1cc(CN(CCO)CCO)ccc1[N+](=O)[O-]. The van der Waals surface area contributed by atoms with Crippen LogP contribution in [0.3, 0.4) is 0 Å². The van der Waals surface area contributed by atoms with Crippen LogP contribution in [0.4, 0.5) is 11.4 Å². The Balaban J connectivity index is 2.89. The first-order chi connectivity index (χ1) is 9.62. The summed E-state index contributed by atoms with van der Waals surface area (Å²) in [4.78, 5) is 12.4. The lowest BCUT2D eigenvalue weighted by atomic mass is 10.1. The van der Waals surface area contributed by atoms with Gasteiger partial charge >= 0.3 is 0 Å². The molecule has 0 heterocycles. The van der Waals surface area contributed by atoms with Crippen LogP contribution in [0.1, 0.15) is 12.5 Å². The third-order valence-electron chi connectivity index (χ3n) is 2.86. The molecule has 0 aliphatic heterocycles. The van der Waals surface area contributed by atoms with E-state index in [2.05, 4.69) is 5.32 Å². The Morgan fingerprint density at radius 1 is 1.30 bits per heavy atom. The highest BCUT2D eigenvalue weighted by Crippen LogP contribution is 2.25. The fourth-order valence-electron chi connectivity index (χ4n) is 1.98. The molecule has 0 amide bonds. The molecule has 1 aromatic carbocycles. The summed E-state index contributed by atoms with van der Waals surface area (Å²) in [7, 11) is 0. The molecule has 0 aromatic heterocycles. The first-order valence-electron chi connectivity index (χ1n) is 6.57. The van der Waals surface area contributed by atoms with Gasteiger partial charge in [-0.2, -0.15) is 0 Å². The average molecular weight is 283 g/mol. The molecule has 3 N–H and O–H groups in total. The summed E-state index contributed by atoms with van der Waals surface area (Å²) in [5, 5.41) is 31.8. The van der Waals surface area contributed by atoms with Crippen LogP contribution in [0.15, 0.2) is 18.2 Å². The number of nitro benzene ring substituents is 1. The van der Waals surface area contributed by atoms with Crippen LogP contribution in [0, 0.1) is 10.1 Å². The van der Waals surface area contributed by atoms with Crippen LogP contribution in [0.2, 0.25) is 0 Å². The zero-order chi connectivity index (χ0) is 15.0. The minimum absolute atomic E-state index is 0.00699. The lowest BCUT2D eigenvalue weighted by molar-refractivity contribution is -0.384. The Labute approximate surface area is 118 Å². The number of nitro groups is 1. The van der Waals surface area contributed by atoms with Crippen molar-refractivity contribution < 1.29 is 15.1 Å². The minimum atomic E-state index is -0.416. The Hall–Kier alpha value is -1.70. The van der Waals surface area contributed by atoms with Crippen molar-refractivity contribution in [3.8, 4) is 0 Å². The summed E-state index contributed by atoms with van der Waals surface area (Å²) in [6.45, 7) is 3.92. The van der Waals surface area contributed by atoms with Gasteiger partial charge < -0.3 is 15.5 Å². The fraction of sp³-hybridized carbons (Fsp3) is 0.538. The van der Waals surface area contributed by atoms with Gasteiger partial charge in [0, 0.05) is 32.2 Å². The smallest absolute Gasteiger partial charge is 0.292 e. The van der Waals surface area contributed by atoms with Crippen LogP contribution in [0.5, 0.6) is 0 Å². The van der Waals surface area contributed by atoms with E-state index in [1.54, 1.807) is 12.1 Å². The van der Waals surface area contributed by atoms with Gasteiger partial charge in [0.2, 0.25) is 0 Å². The summed E-state index contributed by atoms with van der Waals surface area (Å²) >= 11 is 0. The third kappa shape index (κ3) is 4.76. The van der Waals surface area contributed by atoms with Crippen molar-refractivity contribution in [2.75, 3.05) is 38.2 Å². The highest BCUT2D eigenvalue weighted by Gasteiger charge is 2.14. The molecule has 0 aliphatic carbocycles. The van der Waals surface area contributed by atoms with Crippen LogP contribution < -0.4 is 5.32 Å². The van der Waals surface area contributed by atoms with E-state index in [1.165, 1.54) is 6.07 Å². The summed E-state index contributed by atoms with van der Waals surface area (Å²) < 4.78 is 0. The molecule has 7 nitrogen and oxygen atoms in total. The standard InChI is InChI=1S/C13H21N3O4/c1-2-14-12-9-11(3-4-13(12)16(19)20)10-15(5-7-17)6-8-18/h3-4,9,14,17-18H,2,5-8,10H2,1H3. The number of hydrogen-bond donors (Lipinski definition) is 3. The van der Waals surface area contributed by atoms with Gasteiger partial charge in [0.15, 0.2) is 0 Å². The largest absolute Gasteiger partial charge is 0.395 e. The molecule has 0 radical (unpaired) electrons. The molecule has 0 atom stereocenters. The van der Waals surface area contributed by atoms with E-state index in [0.29, 0.717) is 31.9 Å². The number of aliphatic hydroxyl groups excluding tert-OH is 2. The number of aliphatic hydroxyl groups is 2. The van der Waals surface area contributed by atoms with Crippen LogP contribution in [0.25, 0.3) is 0 Å². The van der Waals surface area contributed by atoms with E-state index in [1.807, 2.05) is 11.8 Å². The Kier molecular flexibility index (Phi) is 6.92. The normalized spacial score (nSPS) is 10.8. The highest BCUT2D eigenvalue weighted by molar-refractivity contribution is 5.62. The van der Waals surface area contributed by atoms with E-state index in [0.717, 1.165) is 5.56 Å². The van der Waals surface area contributed by atoms with Gasteiger partial charge in [-0.1, -0.05) is 6.07 Å². The van der Waals surface area contributed by atoms with Crippen molar-refractivity contribution in [2.24, 2.45) is 0 Å². The highest BCUT2D eigenvalue weighted by atomic mass is 16.6. The predicted octanol–water partition coefficient (Wildman–Crippen LogP) is 0.813. The van der Waals surface area contributed by atoms with Crippen molar-refractivity contribution in [1.82, 2.24) is 4.90 Å². The van der Waals surface area contributed by atoms with Gasteiger partial charge in [-0.15, -0.1) is 0 Å². The summed E-state index contributed by atoms with van der Waals surface area (Å²) in [6, 6.07) is 4.91. The maximum atomic E-state index is 10.9. The van der Waals surface area contributed by atoms with E-state index in [4.69, 9.17) is 10.2 Å². The van der Waals surface area contributed by atoms with Crippen molar-refractivity contribution in [3.05, 3.63) is 33.9 Å². The monoisotopic (exact) mass is 283 g/mol. The zero-order valence-electron chi connectivity index (χ0n) is 11.6. The fourth-order valence-corrected chi connectivity index (χ4v) is 1.98. The van der Waals surface area contributed by atoms with Gasteiger partial charge in [-0.25, -0.2) is 0 Å². The topological polar surface area (TPSA) is 98.9 Å². The van der Waals surface area contributed by atoms with E-state index < -0.39 is 4.92 Å². The molecule has 112 valence electrons. The molecular formula is C13H21N3O4. The molecule has 20 heavy (non-hydrogen) atoms. The van der Waals surface area contributed by atoms with E-state index in [-0.39, 0.29) is 18.9 Å². The first-order valence-corrected chi connectivity index (χ1v) is 6.57. The summed E-state index contributed by atoms with van der Waals surface area (Å²) in [5.41, 5.74) is 1.43. The lowest BCUT2D eigenvalue weighted by Crippen LogP contribution is -2.29. The van der Waals surface area contributed by atoms with Gasteiger partial charge in [0.1, 0.15) is 5.69 Å². The molecule has 1 rings (SSSR count). The van der Waals surface area contributed by atoms with Gasteiger partial charge in [0.05, 0.1) is 18.1 Å². The van der Waals surface area contributed by atoms with Crippen molar-refractivity contribution in [3.63, 3.8) is 0 Å². The molecule has 0 fully saturated rings. The van der Waals surface area contributed by atoms with Crippen molar-refractivity contribution >= 4 is 11.4 Å². The van der Waals surface area contributed by atoms with Crippen molar-refractivity contribution in [1.29, 1.82) is 0 Å². The molecule has 0 bridgehead atoms. The maximum Gasteiger partial charge on any atom is 0.292 e. The Morgan fingerprint density at radius 3 is 2.45 bits per heavy atom. The van der Waals surface area contributed by atoms with Crippen molar-refractivity contribution in [2.45, 2.75) is 13.5 Å². The molecule has 0 spiro atoms. The maximum absolute atomic E-state index is 10.9. The molecule has 0 saturated carbocycles. The predicted molar refractivity (Wildman–Crippen MR) is 76.7 cm³/mol. The zero-order valence-corrected chi connectivity index (χ0v) is 11.6. The molecule has 1 aromatic rings. The first kappa shape index (κ1) is 16.4. The van der Waals surface area contributed by atoms with E-state index >= 15 is 0 Å². The summed E-state index contributed by atoms with van der Waals surface area (Å²) in [6.07, 6.45) is 0. The van der Waals surface area contributed by atoms with Gasteiger partial charge in [0.25, 0.3) is 5.69 Å². The quantitative estimate of drug-likeness (QED) is 0.458. The number of hydrogen-bond acceptors (Lipinski definition) is 6. The molecule has 7 heteroatoms. The molecule has 0 saturated heterocycles. The number of rotatable bonds is 9. The molecular weight excluding hydrogens is 262 g/mol. The average Bonchev–Trinajstić information content (AvgIpc) is 2.39. The van der Waals surface area contributed by atoms with Crippen LogP contribution >= 0.6 is 0 Å². The Morgan fingerprint density at radius 2 is 1.95 bits per heavy atom. The number of benzene rings is 1. The number of nitrogens with zero attached hydrogens (tertiary/aromatic N) is 2. The second-order valence-electron chi connectivity index (χ2n) is 4.36. The van der Waals surface area contributed by atoms with Crippen LogP contribution in [-0.4, -0.2) is 52.9 Å². The number of nitrogens with one attached hydrogen (secondary N) is 1. The second-order valence-corrected chi connectivity index (χ2v) is 4.36. The lowest BCUT2D eigenvalue weighted by Gasteiger charge is -2.20. The minimum Gasteiger partial charge on any atom is -0.395 e. The van der Waals surface area contributed by atoms with Gasteiger partial charge in [-0.05, 0) is 18.6 Å². The third-order valence-corrected chi connectivity index (χ3v) is 2.86.